The molecule has 0 bridgehead atoms. The van der Waals surface area contributed by atoms with Gasteiger partial charge in [0.25, 0.3) is 5.91 Å². The lowest BCUT2D eigenvalue weighted by atomic mass is 10.1. The molecular formula is C15H20Br2N2O2. The molecule has 0 unspecified atom stereocenters. The van der Waals surface area contributed by atoms with Crippen molar-refractivity contribution in [1.82, 2.24) is 10.2 Å². The number of amides is 2. The summed E-state index contributed by atoms with van der Waals surface area (Å²) in [4.78, 5) is 26.0. The van der Waals surface area contributed by atoms with Gasteiger partial charge in [-0.2, -0.15) is 0 Å². The molecule has 0 saturated heterocycles. The van der Waals surface area contributed by atoms with E-state index in [1.54, 1.807) is 12.1 Å². The molecular weight excluding hydrogens is 400 g/mol. The lowest BCUT2D eigenvalue weighted by Gasteiger charge is -2.25. The van der Waals surface area contributed by atoms with E-state index in [1.165, 1.54) is 4.90 Å². The highest BCUT2D eigenvalue weighted by molar-refractivity contribution is 9.11. The number of benzene rings is 1. The van der Waals surface area contributed by atoms with Crippen molar-refractivity contribution >= 4 is 43.7 Å². The summed E-state index contributed by atoms with van der Waals surface area (Å²) in [7, 11) is 0. The molecule has 0 aliphatic rings. The molecule has 0 heterocycles. The van der Waals surface area contributed by atoms with E-state index >= 15 is 0 Å². The van der Waals surface area contributed by atoms with E-state index in [2.05, 4.69) is 37.2 Å². The van der Waals surface area contributed by atoms with Crippen LogP contribution in [0.4, 0.5) is 0 Å². The van der Waals surface area contributed by atoms with Crippen LogP contribution in [0.25, 0.3) is 0 Å². The molecule has 116 valence electrons. The SMILES string of the molecule is CCN(CC(=O)NC(C)(C)C)C(=O)c1cc(Br)cc(Br)c1. The molecule has 0 fully saturated rings. The topological polar surface area (TPSA) is 49.4 Å². The van der Waals surface area contributed by atoms with Crippen LogP contribution in [0.15, 0.2) is 27.1 Å². The number of likely N-dealkylation sites (N-methyl/N-ethyl adjacent to an activating group) is 1. The van der Waals surface area contributed by atoms with Crippen molar-refractivity contribution in [3.63, 3.8) is 0 Å². The first-order chi connectivity index (χ1) is 9.62. The summed E-state index contributed by atoms with van der Waals surface area (Å²) in [6.07, 6.45) is 0. The smallest absolute Gasteiger partial charge is 0.254 e. The summed E-state index contributed by atoms with van der Waals surface area (Å²) >= 11 is 6.73. The van der Waals surface area contributed by atoms with Gasteiger partial charge in [-0.15, -0.1) is 0 Å². The molecule has 0 radical (unpaired) electrons. The number of hydrogen-bond acceptors (Lipinski definition) is 2. The first kappa shape index (κ1) is 18.2. The molecule has 0 saturated carbocycles. The number of hydrogen-bond donors (Lipinski definition) is 1. The second-order valence-corrected chi connectivity index (χ2v) is 7.61. The predicted octanol–water partition coefficient (Wildman–Crippen LogP) is 3.59. The maximum absolute atomic E-state index is 12.5. The van der Waals surface area contributed by atoms with E-state index in [0.717, 1.165) is 8.95 Å². The van der Waals surface area contributed by atoms with Gasteiger partial charge in [0.05, 0.1) is 6.54 Å². The van der Waals surface area contributed by atoms with E-state index < -0.39 is 0 Å². The fraction of sp³-hybridized carbons (Fsp3) is 0.467. The summed E-state index contributed by atoms with van der Waals surface area (Å²) in [6.45, 7) is 8.11. The molecule has 2 amide bonds. The van der Waals surface area contributed by atoms with Crippen molar-refractivity contribution in [2.75, 3.05) is 13.1 Å². The van der Waals surface area contributed by atoms with Gasteiger partial charge in [-0.25, -0.2) is 0 Å². The van der Waals surface area contributed by atoms with Crippen molar-refractivity contribution in [1.29, 1.82) is 0 Å². The van der Waals surface area contributed by atoms with Crippen LogP contribution in [0.5, 0.6) is 0 Å². The Balaban J connectivity index is 2.84. The van der Waals surface area contributed by atoms with Gasteiger partial charge in [0.2, 0.25) is 5.91 Å². The quantitative estimate of drug-likeness (QED) is 0.810. The highest BCUT2D eigenvalue weighted by atomic mass is 79.9. The van der Waals surface area contributed by atoms with Crippen LogP contribution in [0.1, 0.15) is 38.1 Å². The number of carbonyl (C=O) groups excluding carboxylic acids is 2. The summed E-state index contributed by atoms with van der Waals surface area (Å²) in [5.41, 5.74) is 0.236. The monoisotopic (exact) mass is 418 g/mol. The largest absolute Gasteiger partial charge is 0.350 e. The molecule has 4 nitrogen and oxygen atoms in total. The van der Waals surface area contributed by atoms with E-state index in [1.807, 2.05) is 33.8 Å². The molecule has 0 aliphatic carbocycles. The Bertz CT molecular complexity index is 519. The highest BCUT2D eigenvalue weighted by Gasteiger charge is 2.20. The lowest BCUT2D eigenvalue weighted by molar-refractivity contribution is -0.123. The highest BCUT2D eigenvalue weighted by Crippen LogP contribution is 2.21. The van der Waals surface area contributed by atoms with Gasteiger partial charge in [-0.05, 0) is 45.9 Å². The molecule has 1 rings (SSSR count). The van der Waals surface area contributed by atoms with Crippen LogP contribution in [-0.2, 0) is 4.79 Å². The van der Waals surface area contributed by atoms with Crippen LogP contribution >= 0.6 is 31.9 Å². The Morgan fingerprint density at radius 1 is 1.14 bits per heavy atom. The summed E-state index contributed by atoms with van der Waals surface area (Å²) in [6, 6.07) is 5.36. The summed E-state index contributed by atoms with van der Waals surface area (Å²) in [5, 5.41) is 2.86. The Labute approximate surface area is 142 Å². The Kier molecular flexibility index (Phi) is 6.41. The number of halogens is 2. The molecule has 0 spiro atoms. The zero-order valence-electron chi connectivity index (χ0n) is 12.7. The molecule has 1 aromatic rings. The van der Waals surface area contributed by atoms with Crippen LogP contribution < -0.4 is 5.32 Å². The number of nitrogens with one attached hydrogen (secondary N) is 1. The average Bonchev–Trinajstić information content (AvgIpc) is 2.31. The first-order valence-corrected chi connectivity index (χ1v) is 8.27. The van der Waals surface area contributed by atoms with Crippen molar-refractivity contribution in [3.8, 4) is 0 Å². The second kappa shape index (κ2) is 7.40. The number of nitrogens with zero attached hydrogens (tertiary/aromatic N) is 1. The van der Waals surface area contributed by atoms with Crippen LogP contribution in [0.2, 0.25) is 0 Å². The van der Waals surface area contributed by atoms with E-state index in [0.29, 0.717) is 12.1 Å². The average molecular weight is 420 g/mol. The molecule has 0 aromatic heterocycles. The molecule has 1 aromatic carbocycles. The van der Waals surface area contributed by atoms with Crippen molar-refractivity contribution in [3.05, 3.63) is 32.7 Å². The van der Waals surface area contributed by atoms with Gasteiger partial charge in [0.1, 0.15) is 0 Å². The van der Waals surface area contributed by atoms with Crippen molar-refractivity contribution < 1.29 is 9.59 Å². The minimum atomic E-state index is -0.307. The lowest BCUT2D eigenvalue weighted by Crippen LogP contribution is -2.47. The fourth-order valence-corrected chi connectivity index (χ4v) is 3.11. The molecule has 6 heteroatoms. The predicted molar refractivity (Wildman–Crippen MR) is 91.3 cm³/mol. The third-order valence-corrected chi connectivity index (χ3v) is 3.54. The number of carbonyl (C=O) groups is 2. The van der Waals surface area contributed by atoms with Crippen LogP contribution in [0.3, 0.4) is 0 Å². The molecule has 1 N–H and O–H groups in total. The second-order valence-electron chi connectivity index (χ2n) is 5.78. The minimum absolute atomic E-state index is 0.0523. The molecule has 21 heavy (non-hydrogen) atoms. The zero-order valence-corrected chi connectivity index (χ0v) is 15.8. The third-order valence-electron chi connectivity index (χ3n) is 2.63. The maximum atomic E-state index is 12.5. The Hall–Kier alpha value is -0.880. The fourth-order valence-electron chi connectivity index (χ4n) is 1.82. The van der Waals surface area contributed by atoms with E-state index in [9.17, 15) is 9.59 Å². The Morgan fingerprint density at radius 2 is 1.67 bits per heavy atom. The minimum Gasteiger partial charge on any atom is -0.350 e. The van der Waals surface area contributed by atoms with Gasteiger partial charge in [-0.1, -0.05) is 31.9 Å². The van der Waals surface area contributed by atoms with E-state index in [-0.39, 0.29) is 23.9 Å². The zero-order chi connectivity index (χ0) is 16.2. The molecule has 0 atom stereocenters. The normalized spacial score (nSPS) is 11.1. The standard InChI is InChI=1S/C15H20Br2N2O2/c1-5-19(9-13(20)18-15(2,3)4)14(21)10-6-11(16)8-12(17)7-10/h6-8H,5,9H2,1-4H3,(H,18,20). The van der Waals surface area contributed by atoms with Gasteiger partial charge in [0, 0.05) is 26.6 Å². The Morgan fingerprint density at radius 3 is 2.10 bits per heavy atom. The first-order valence-electron chi connectivity index (χ1n) is 6.68. The molecule has 0 aliphatic heterocycles. The number of rotatable bonds is 4. The van der Waals surface area contributed by atoms with Gasteiger partial charge < -0.3 is 10.2 Å². The maximum Gasteiger partial charge on any atom is 0.254 e. The summed E-state index contributed by atoms with van der Waals surface area (Å²) in [5.74, 6) is -0.324. The third kappa shape index (κ3) is 6.18. The van der Waals surface area contributed by atoms with Crippen LogP contribution in [-0.4, -0.2) is 35.3 Å². The van der Waals surface area contributed by atoms with Gasteiger partial charge in [-0.3, -0.25) is 9.59 Å². The van der Waals surface area contributed by atoms with Crippen molar-refractivity contribution in [2.24, 2.45) is 0 Å². The van der Waals surface area contributed by atoms with Crippen LogP contribution in [0, 0.1) is 0 Å². The van der Waals surface area contributed by atoms with Gasteiger partial charge in [0.15, 0.2) is 0 Å². The van der Waals surface area contributed by atoms with Gasteiger partial charge >= 0.3 is 0 Å². The van der Waals surface area contributed by atoms with Crippen molar-refractivity contribution in [2.45, 2.75) is 33.2 Å². The summed E-state index contributed by atoms with van der Waals surface area (Å²) < 4.78 is 1.63. The van der Waals surface area contributed by atoms with E-state index in [4.69, 9.17) is 0 Å².